The molecule has 0 N–H and O–H groups in total. The van der Waals surface area contributed by atoms with Gasteiger partial charge in [-0.05, 0) is 42.2 Å². The highest BCUT2D eigenvalue weighted by Crippen LogP contribution is 2.30. The quantitative estimate of drug-likeness (QED) is 0.851. The van der Waals surface area contributed by atoms with E-state index in [4.69, 9.17) is 0 Å². The first-order valence-corrected chi connectivity index (χ1v) is 9.45. The van der Waals surface area contributed by atoms with E-state index in [2.05, 4.69) is 6.92 Å². The van der Waals surface area contributed by atoms with E-state index in [1.807, 2.05) is 24.3 Å². The Morgan fingerprint density at radius 3 is 2.61 bits per heavy atom. The van der Waals surface area contributed by atoms with Gasteiger partial charge in [0.25, 0.3) is 5.91 Å². The third kappa shape index (κ3) is 3.15. The van der Waals surface area contributed by atoms with E-state index in [-0.39, 0.29) is 10.8 Å². The molecule has 5 heteroatoms. The Morgan fingerprint density at radius 1 is 1.13 bits per heavy atom. The lowest BCUT2D eigenvalue weighted by Crippen LogP contribution is -2.39. The van der Waals surface area contributed by atoms with Crippen molar-refractivity contribution in [2.75, 3.05) is 17.7 Å². The van der Waals surface area contributed by atoms with Gasteiger partial charge in [0.1, 0.15) is 0 Å². The maximum Gasteiger partial charge on any atom is 0.258 e. The highest BCUT2D eigenvalue weighted by molar-refractivity contribution is 7.90. The molecule has 3 rings (SSSR count). The Balaban J connectivity index is 2.01. The Bertz CT molecular complexity index is 858. The van der Waals surface area contributed by atoms with Crippen molar-refractivity contribution in [2.45, 2.75) is 18.2 Å². The molecule has 0 fully saturated rings. The summed E-state index contributed by atoms with van der Waals surface area (Å²) in [6.45, 7) is 2.75. The number of benzene rings is 2. The van der Waals surface area contributed by atoms with Crippen molar-refractivity contribution >= 4 is 21.4 Å². The van der Waals surface area contributed by atoms with Crippen LogP contribution in [-0.2, 0) is 16.3 Å². The summed E-state index contributed by atoms with van der Waals surface area (Å²) >= 11 is 0. The molecule has 0 saturated carbocycles. The van der Waals surface area contributed by atoms with Gasteiger partial charge in [0.2, 0.25) is 0 Å². The first-order valence-electron chi connectivity index (χ1n) is 7.56. The second-order valence-corrected chi connectivity index (χ2v) is 8.17. The molecule has 1 aliphatic rings. The summed E-state index contributed by atoms with van der Waals surface area (Å²) in [4.78, 5) is 14.8. The number of sulfone groups is 1. The van der Waals surface area contributed by atoms with E-state index < -0.39 is 9.84 Å². The SMILES string of the molecule is CC1Cc2ccccc2N(C(=O)c2cccc(S(C)(=O)=O)c2)C1. The van der Waals surface area contributed by atoms with E-state index in [1.54, 1.807) is 17.0 Å². The van der Waals surface area contributed by atoms with E-state index in [0.717, 1.165) is 23.9 Å². The molecule has 2 aromatic carbocycles. The Hall–Kier alpha value is -2.14. The van der Waals surface area contributed by atoms with Gasteiger partial charge in [0, 0.05) is 24.1 Å². The maximum atomic E-state index is 12.9. The number of fused-ring (bicyclic) bond motifs is 1. The summed E-state index contributed by atoms with van der Waals surface area (Å²) in [5, 5.41) is 0. The molecule has 2 aromatic rings. The summed E-state index contributed by atoms with van der Waals surface area (Å²) in [5.41, 5.74) is 2.47. The number of hydrogen-bond donors (Lipinski definition) is 0. The molecule has 0 radical (unpaired) electrons. The van der Waals surface area contributed by atoms with Gasteiger partial charge in [0.15, 0.2) is 9.84 Å². The lowest BCUT2D eigenvalue weighted by atomic mass is 9.93. The third-order valence-corrected chi connectivity index (χ3v) is 5.21. The van der Waals surface area contributed by atoms with Crippen LogP contribution in [0.5, 0.6) is 0 Å². The second kappa shape index (κ2) is 5.81. The van der Waals surface area contributed by atoms with Gasteiger partial charge in [-0.1, -0.05) is 31.2 Å². The smallest absolute Gasteiger partial charge is 0.258 e. The molecular formula is C18H19NO3S. The number of para-hydroxylation sites is 1. The predicted octanol–water partition coefficient (Wildman–Crippen LogP) is 2.93. The van der Waals surface area contributed by atoms with Gasteiger partial charge >= 0.3 is 0 Å². The van der Waals surface area contributed by atoms with Crippen molar-refractivity contribution < 1.29 is 13.2 Å². The van der Waals surface area contributed by atoms with Gasteiger partial charge in [-0.2, -0.15) is 0 Å². The first kappa shape index (κ1) is 15.7. The lowest BCUT2D eigenvalue weighted by Gasteiger charge is -2.33. The van der Waals surface area contributed by atoms with E-state index in [9.17, 15) is 13.2 Å². The average molecular weight is 329 g/mol. The molecule has 120 valence electrons. The summed E-state index contributed by atoms with van der Waals surface area (Å²) < 4.78 is 23.4. The minimum absolute atomic E-state index is 0.158. The lowest BCUT2D eigenvalue weighted by molar-refractivity contribution is 0.0981. The van der Waals surface area contributed by atoms with Crippen LogP contribution in [0.3, 0.4) is 0 Å². The number of carbonyl (C=O) groups excluding carboxylic acids is 1. The Morgan fingerprint density at radius 2 is 1.87 bits per heavy atom. The number of hydrogen-bond acceptors (Lipinski definition) is 3. The minimum atomic E-state index is -3.33. The van der Waals surface area contributed by atoms with Crippen molar-refractivity contribution in [3.63, 3.8) is 0 Å². The fourth-order valence-corrected chi connectivity index (χ4v) is 3.67. The van der Waals surface area contributed by atoms with Crippen molar-refractivity contribution in [1.29, 1.82) is 0 Å². The molecule has 1 atom stereocenters. The van der Waals surface area contributed by atoms with Gasteiger partial charge in [-0.15, -0.1) is 0 Å². The number of rotatable bonds is 2. The van der Waals surface area contributed by atoms with E-state index >= 15 is 0 Å². The predicted molar refractivity (Wildman–Crippen MR) is 90.5 cm³/mol. The fourth-order valence-electron chi connectivity index (χ4n) is 3.00. The molecule has 1 heterocycles. The molecular weight excluding hydrogens is 310 g/mol. The molecule has 0 saturated heterocycles. The van der Waals surface area contributed by atoms with Gasteiger partial charge in [-0.3, -0.25) is 4.79 Å². The molecule has 23 heavy (non-hydrogen) atoms. The zero-order valence-electron chi connectivity index (χ0n) is 13.2. The number of nitrogens with zero attached hydrogens (tertiary/aromatic N) is 1. The largest absolute Gasteiger partial charge is 0.308 e. The molecule has 0 aliphatic carbocycles. The molecule has 0 aromatic heterocycles. The van der Waals surface area contributed by atoms with Crippen LogP contribution >= 0.6 is 0 Å². The zero-order chi connectivity index (χ0) is 16.6. The maximum absolute atomic E-state index is 12.9. The average Bonchev–Trinajstić information content (AvgIpc) is 2.52. The zero-order valence-corrected chi connectivity index (χ0v) is 14.0. The van der Waals surface area contributed by atoms with Crippen LogP contribution in [0.2, 0.25) is 0 Å². The van der Waals surface area contributed by atoms with Crippen LogP contribution in [0, 0.1) is 5.92 Å². The van der Waals surface area contributed by atoms with Crippen LogP contribution in [0.4, 0.5) is 5.69 Å². The van der Waals surface area contributed by atoms with Crippen molar-refractivity contribution in [3.8, 4) is 0 Å². The molecule has 0 bridgehead atoms. The number of anilines is 1. The molecule has 1 aliphatic heterocycles. The Labute approximate surface area is 136 Å². The van der Waals surface area contributed by atoms with Gasteiger partial charge in [0.05, 0.1) is 4.90 Å². The second-order valence-electron chi connectivity index (χ2n) is 6.15. The van der Waals surface area contributed by atoms with Gasteiger partial charge in [-0.25, -0.2) is 8.42 Å². The van der Waals surface area contributed by atoms with Crippen LogP contribution in [-0.4, -0.2) is 27.1 Å². The molecule has 1 amide bonds. The summed E-state index contributed by atoms with van der Waals surface area (Å²) in [6.07, 6.45) is 2.10. The summed E-state index contributed by atoms with van der Waals surface area (Å²) in [6, 6.07) is 14.1. The van der Waals surface area contributed by atoms with Crippen LogP contribution in [0.25, 0.3) is 0 Å². The minimum Gasteiger partial charge on any atom is -0.308 e. The number of amides is 1. The normalized spacial score (nSPS) is 17.7. The third-order valence-electron chi connectivity index (χ3n) is 4.10. The Kier molecular flexibility index (Phi) is 3.98. The molecule has 4 nitrogen and oxygen atoms in total. The monoisotopic (exact) mass is 329 g/mol. The summed E-state index contributed by atoms with van der Waals surface area (Å²) in [5.74, 6) is 0.210. The first-order chi connectivity index (χ1) is 10.9. The highest BCUT2D eigenvalue weighted by atomic mass is 32.2. The topological polar surface area (TPSA) is 54.5 Å². The summed E-state index contributed by atoms with van der Waals surface area (Å²) in [7, 11) is -3.33. The standard InChI is InChI=1S/C18H19NO3S/c1-13-10-14-6-3-4-9-17(14)19(12-13)18(20)15-7-5-8-16(11-15)23(2,21)22/h3-9,11,13H,10,12H2,1-2H3. The van der Waals surface area contributed by atoms with E-state index in [0.29, 0.717) is 18.0 Å². The molecule has 0 spiro atoms. The number of carbonyl (C=O) groups is 1. The highest BCUT2D eigenvalue weighted by Gasteiger charge is 2.27. The van der Waals surface area contributed by atoms with E-state index in [1.165, 1.54) is 12.1 Å². The van der Waals surface area contributed by atoms with Crippen LogP contribution < -0.4 is 4.90 Å². The van der Waals surface area contributed by atoms with Crippen LogP contribution in [0.1, 0.15) is 22.8 Å². The van der Waals surface area contributed by atoms with Crippen molar-refractivity contribution in [2.24, 2.45) is 5.92 Å². The van der Waals surface area contributed by atoms with Gasteiger partial charge < -0.3 is 4.90 Å². The van der Waals surface area contributed by atoms with Crippen molar-refractivity contribution in [1.82, 2.24) is 0 Å². The molecule has 1 unspecified atom stereocenters. The van der Waals surface area contributed by atoms with Crippen molar-refractivity contribution in [3.05, 3.63) is 59.7 Å². The van der Waals surface area contributed by atoms with Crippen LogP contribution in [0.15, 0.2) is 53.4 Å². The fraction of sp³-hybridized carbons (Fsp3) is 0.278.